The van der Waals surface area contributed by atoms with Crippen LogP contribution in [-0.2, 0) is 16.1 Å². The third-order valence-electron chi connectivity index (χ3n) is 5.99. The lowest BCUT2D eigenvalue weighted by Crippen LogP contribution is -2.29. The van der Waals surface area contributed by atoms with E-state index < -0.39 is 17.7 Å². The lowest BCUT2D eigenvalue weighted by molar-refractivity contribution is -0.140. The summed E-state index contributed by atoms with van der Waals surface area (Å²) in [5.41, 5.74) is 0.743. The molecule has 2 heterocycles. The Morgan fingerprint density at radius 3 is 2.41 bits per heavy atom. The van der Waals surface area contributed by atoms with Gasteiger partial charge in [-0.1, -0.05) is 18.2 Å². The molecular weight excluding hydrogens is 494 g/mol. The van der Waals surface area contributed by atoms with Gasteiger partial charge in [0, 0.05) is 16.5 Å². The predicted octanol–water partition coefficient (Wildman–Crippen LogP) is 5.18. The zero-order chi connectivity index (χ0) is 26.5. The molecular formula is C28H29NO7S. The zero-order valence-electron chi connectivity index (χ0n) is 21.1. The third kappa shape index (κ3) is 4.99. The van der Waals surface area contributed by atoms with E-state index in [0.717, 1.165) is 4.88 Å². The number of likely N-dealkylation sites (tertiary alicyclic amines) is 1. The minimum absolute atomic E-state index is 0.0572. The van der Waals surface area contributed by atoms with Gasteiger partial charge in [-0.2, -0.15) is 0 Å². The molecule has 1 saturated heterocycles. The van der Waals surface area contributed by atoms with Crippen molar-refractivity contribution in [2.24, 2.45) is 0 Å². The number of para-hydroxylation sites is 1. The maximum Gasteiger partial charge on any atom is 0.295 e. The first kappa shape index (κ1) is 26.1. The van der Waals surface area contributed by atoms with E-state index in [9.17, 15) is 14.7 Å². The second-order valence-electron chi connectivity index (χ2n) is 8.11. The number of benzene rings is 2. The molecule has 1 fully saturated rings. The number of carbonyl (C=O) groups is 2. The molecule has 3 aromatic rings. The number of aliphatic hydroxyl groups is 1. The minimum atomic E-state index is -0.923. The largest absolute Gasteiger partial charge is 0.507 e. The number of ketones is 1. The van der Waals surface area contributed by atoms with Crippen molar-refractivity contribution in [1.82, 2.24) is 4.90 Å². The number of methoxy groups -OCH3 is 2. The first-order valence-electron chi connectivity index (χ1n) is 11.9. The van der Waals surface area contributed by atoms with Gasteiger partial charge in [-0.3, -0.25) is 9.59 Å². The summed E-state index contributed by atoms with van der Waals surface area (Å²) in [5.74, 6) is -0.130. The molecule has 1 atom stereocenters. The van der Waals surface area contributed by atoms with Gasteiger partial charge in [0.1, 0.15) is 17.3 Å². The van der Waals surface area contributed by atoms with Crippen molar-refractivity contribution in [2.75, 3.05) is 27.4 Å². The molecule has 9 heteroatoms. The van der Waals surface area contributed by atoms with Crippen LogP contribution in [0.4, 0.5) is 0 Å². The normalized spacial score (nSPS) is 16.6. The van der Waals surface area contributed by atoms with E-state index in [1.807, 2.05) is 31.4 Å². The second kappa shape index (κ2) is 11.4. The summed E-state index contributed by atoms with van der Waals surface area (Å²) in [6, 6.07) is 13.1. The quantitative estimate of drug-likeness (QED) is 0.222. The fourth-order valence-corrected chi connectivity index (χ4v) is 5.14. The standard InChI is InChI=1S/C28H29NO7S/c1-5-35-17-12-13-19(22(15-17)36-6-2)25(30)23-24(20-10-7-11-21(33-3)27(20)34-4)29(28(32)26(23)31)16-18-9-8-14-37-18/h7-15,24,30H,5-6,16H2,1-4H3/b25-23+. The summed E-state index contributed by atoms with van der Waals surface area (Å²) in [6.45, 7) is 4.66. The number of hydrogen-bond donors (Lipinski definition) is 1. The van der Waals surface area contributed by atoms with Gasteiger partial charge in [0.25, 0.3) is 11.7 Å². The van der Waals surface area contributed by atoms with E-state index >= 15 is 0 Å². The first-order chi connectivity index (χ1) is 17.9. The number of carbonyl (C=O) groups excluding carboxylic acids is 2. The molecule has 0 aliphatic carbocycles. The Morgan fingerprint density at radius 1 is 0.973 bits per heavy atom. The van der Waals surface area contributed by atoms with Crippen molar-refractivity contribution in [2.45, 2.75) is 26.4 Å². The molecule has 0 bridgehead atoms. The molecule has 4 rings (SSSR count). The van der Waals surface area contributed by atoms with Crippen molar-refractivity contribution in [1.29, 1.82) is 0 Å². The lowest BCUT2D eigenvalue weighted by atomic mass is 9.94. The van der Waals surface area contributed by atoms with Gasteiger partial charge in [-0.05, 0) is 43.5 Å². The molecule has 0 spiro atoms. The molecule has 37 heavy (non-hydrogen) atoms. The Labute approximate surface area is 219 Å². The highest BCUT2D eigenvalue weighted by Gasteiger charge is 2.47. The Hall–Kier alpha value is -3.98. The smallest absolute Gasteiger partial charge is 0.295 e. The molecule has 1 aromatic heterocycles. The molecule has 2 aromatic carbocycles. The van der Waals surface area contributed by atoms with E-state index in [-0.39, 0.29) is 23.4 Å². The average Bonchev–Trinajstić information content (AvgIpc) is 3.50. The van der Waals surface area contributed by atoms with Gasteiger partial charge in [-0.15, -0.1) is 11.3 Å². The maximum absolute atomic E-state index is 13.5. The Morgan fingerprint density at radius 2 is 1.76 bits per heavy atom. The van der Waals surface area contributed by atoms with Crippen LogP contribution in [0.3, 0.4) is 0 Å². The highest BCUT2D eigenvalue weighted by Crippen LogP contribution is 2.47. The van der Waals surface area contributed by atoms with Crippen LogP contribution in [0, 0.1) is 0 Å². The van der Waals surface area contributed by atoms with Crippen molar-refractivity contribution in [3.8, 4) is 23.0 Å². The summed E-state index contributed by atoms with van der Waals surface area (Å²) in [5, 5.41) is 13.5. The number of amides is 1. The first-order valence-corrected chi connectivity index (χ1v) is 12.7. The Balaban J connectivity index is 1.95. The molecule has 0 saturated carbocycles. The number of thiophene rings is 1. The van der Waals surface area contributed by atoms with Gasteiger partial charge >= 0.3 is 0 Å². The van der Waals surface area contributed by atoms with Gasteiger partial charge in [-0.25, -0.2) is 0 Å². The topological polar surface area (TPSA) is 94.5 Å². The van der Waals surface area contributed by atoms with Crippen molar-refractivity contribution < 1.29 is 33.6 Å². The number of ether oxygens (including phenoxy) is 4. The second-order valence-corrected chi connectivity index (χ2v) is 9.15. The van der Waals surface area contributed by atoms with Crippen LogP contribution in [-0.4, -0.2) is 49.1 Å². The number of aliphatic hydroxyl groups excluding tert-OH is 1. The van der Waals surface area contributed by atoms with Crippen LogP contribution in [0.1, 0.15) is 35.9 Å². The molecule has 194 valence electrons. The van der Waals surface area contributed by atoms with Crippen molar-refractivity contribution in [3.05, 3.63) is 75.5 Å². The number of hydrogen-bond acceptors (Lipinski definition) is 8. The molecule has 1 N–H and O–H groups in total. The summed E-state index contributed by atoms with van der Waals surface area (Å²) >= 11 is 1.48. The van der Waals surface area contributed by atoms with E-state index in [2.05, 4.69) is 0 Å². The SMILES string of the molecule is CCOc1ccc(/C(O)=C2\C(=O)C(=O)N(Cc3cccs3)C2c2cccc(OC)c2OC)c(OCC)c1. The fraction of sp³-hybridized carbons (Fsp3) is 0.286. The van der Waals surface area contributed by atoms with E-state index in [1.54, 1.807) is 36.4 Å². The summed E-state index contributed by atoms with van der Waals surface area (Å²) in [7, 11) is 3.00. The van der Waals surface area contributed by atoms with Gasteiger partial charge in [0.2, 0.25) is 0 Å². The Bertz CT molecular complexity index is 1320. The Kier molecular flexibility index (Phi) is 8.03. The monoisotopic (exact) mass is 523 g/mol. The van der Waals surface area contributed by atoms with Crippen LogP contribution in [0.15, 0.2) is 59.5 Å². The molecule has 1 unspecified atom stereocenters. The van der Waals surface area contributed by atoms with Crippen LogP contribution in [0.25, 0.3) is 5.76 Å². The maximum atomic E-state index is 13.5. The fourth-order valence-electron chi connectivity index (χ4n) is 4.44. The summed E-state index contributed by atoms with van der Waals surface area (Å²) in [6.07, 6.45) is 0. The molecule has 1 amide bonds. The van der Waals surface area contributed by atoms with Gasteiger partial charge in [0.15, 0.2) is 11.5 Å². The van der Waals surface area contributed by atoms with Crippen LogP contribution in [0.2, 0.25) is 0 Å². The predicted molar refractivity (Wildman–Crippen MR) is 140 cm³/mol. The van der Waals surface area contributed by atoms with E-state index in [0.29, 0.717) is 41.8 Å². The lowest BCUT2D eigenvalue weighted by Gasteiger charge is -2.27. The van der Waals surface area contributed by atoms with E-state index in [1.165, 1.54) is 30.5 Å². The van der Waals surface area contributed by atoms with Gasteiger partial charge < -0.3 is 29.0 Å². The van der Waals surface area contributed by atoms with Crippen molar-refractivity contribution in [3.63, 3.8) is 0 Å². The average molecular weight is 524 g/mol. The minimum Gasteiger partial charge on any atom is -0.507 e. The van der Waals surface area contributed by atoms with Crippen LogP contribution < -0.4 is 18.9 Å². The number of rotatable bonds is 10. The van der Waals surface area contributed by atoms with E-state index in [4.69, 9.17) is 18.9 Å². The molecule has 0 radical (unpaired) electrons. The molecule has 1 aliphatic heterocycles. The summed E-state index contributed by atoms with van der Waals surface area (Å²) in [4.78, 5) is 29.2. The van der Waals surface area contributed by atoms with Gasteiger partial charge in [0.05, 0.1) is 51.2 Å². The van der Waals surface area contributed by atoms with Crippen molar-refractivity contribution >= 4 is 28.8 Å². The summed E-state index contributed by atoms with van der Waals surface area (Å²) < 4.78 is 22.5. The molecule has 8 nitrogen and oxygen atoms in total. The van der Waals surface area contributed by atoms with Crippen LogP contribution >= 0.6 is 11.3 Å². The number of Topliss-reactive ketones (excluding diaryl/α,β-unsaturated/α-hetero) is 1. The van der Waals surface area contributed by atoms with Crippen LogP contribution in [0.5, 0.6) is 23.0 Å². The number of nitrogens with zero attached hydrogens (tertiary/aromatic N) is 1. The third-order valence-corrected chi connectivity index (χ3v) is 6.85. The zero-order valence-corrected chi connectivity index (χ0v) is 22.0. The molecule has 1 aliphatic rings. The highest BCUT2D eigenvalue weighted by molar-refractivity contribution is 7.09. The highest BCUT2D eigenvalue weighted by atomic mass is 32.1.